The number of likely N-dealkylation sites (N-methyl/N-ethyl adjacent to an activating group) is 1. The maximum Gasteiger partial charge on any atom is 0.573 e. The lowest BCUT2D eigenvalue weighted by molar-refractivity contribution is -0.274. The van der Waals surface area contributed by atoms with E-state index in [0.29, 0.717) is 17.9 Å². The van der Waals surface area contributed by atoms with Crippen molar-refractivity contribution in [2.24, 2.45) is 0 Å². The van der Waals surface area contributed by atoms with Crippen LogP contribution in [0.25, 0.3) is 10.9 Å². The fraction of sp³-hybridized carbons (Fsp3) is 0.364. The van der Waals surface area contributed by atoms with Crippen molar-refractivity contribution in [3.63, 3.8) is 0 Å². The topological polar surface area (TPSA) is 26.6 Å². The molecule has 0 N–H and O–H groups in total. The van der Waals surface area contributed by atoms with Crippen LogP contribution in [0.4, 0.5) is 17.6 Å². The Hall–Kier alpha value is -2.74. The first-order valence-electron chi connectivity index (χ1n) is 9.59. The summed E-state index contributed by atoms with van der Waals surface area (Å²) in [6.45, 7) is 3.61. The quantitative estimate of drug-likeness (QED) is 0.454. The van der Waals surface area contributed by atoms with Crippen LogP contribution in [0.1, 0.15) is 18.1 Å². The van der Waals surface area contributed by atoms with Gasteiger partial charge in [0.05, 0.1) is 5.52 Å². The molecule has 0 fully saturated rings. The van der Waals surface area contributed by atoms with Crippen LogP contribution in [-0.2, 0) is 19.6 Å². The second-order valence-electron chi connectivity index (χ2n) is 7.27. The molecule has 0 aliphatic rings. The second-order valence-corrected chi connectivity index (χ2v) is 7.27. The minimum Gasteiger partial charge on any atom is -0.488 e. The van der Waals surface area contributed by atoms with E-state index >= 15 is 0 Å². The van der Waals surface area contributed by atoms with E-state index in [1.807, 2.05) is 31.8 Å². The van der Waals surface area contributed by atoms with E-state index in [9.17, 15) is 17.6 Å². The van der Waals surface area contributed by atoms with Crippen molar-refractivity contribution >= 4 is 10.9 Å². The SMILES string of the molecule is CCn1cc(CCN(C)C)c2c(OCc3ccc(OC(F)(F)F)cc3)cc(F)cc21. The lowest BCUT2D eigenvalue weighted by Crippen LogP contribution is -2.17. The Morgan fingerprint density at radius 2 is 1.77 bits per heavy atom. The maximum atomic E-state index is 14.2. The minimum atomic E-state index is -4.74. The van der Waals surface area contributed by atoms with E-state index < -0.39 is 12.2 Å². The molecule has 0 saturated heterocycles. The molecule has 4 nitrogen and oxygen atoms in total. The highest BCUT2D eigenvalue weighted by Gasteiger charge is 2.30. The monoisotopic (exact) mass is 424 g/mol. The minimum absolute atomic E-state index is 0.0925. The molecule has 162 valence electrons. The average molecular weight is 424 g/mol. The van der Waals surface area contributed by atoms with Gasteiger partial charge in [0.2, 0.25) is 0 Å². The fourth-order valence-corrected chi connectivity index (χ4v) is 3.30. The van der Waals surface area contributed by atoms with E-state index in [-0.39, 0.29) is 12.4 Å². The average Bonchev–Trinajstić information content (AvgIpc) is 3.02. The summed E-state index contributed by atoms with van der Waals surface area (Å²) < 4.78 is 62.9. The Bertz CT molecular complexity index is 995. The predicted molar refractivity (Wildman–Crippen MR) is 107 cm³/mol. The number of ether oxygens (including phenoxy) is 2. The van der Waals surface area contributed by atoms with Gasteiger partial charge in [-0.25, -0.2) is 4.39 Å². The van der Waals surface area contributed by atoms with E-state index in [1.54, 1.807) is 0 Å². The molecule has 0 unspecified atom stereocenters. The number of hydrogen-bond donors (Lipinski definition) is 0. The summed E-state index contributed by atoms with van der Waals surface area (Å²) in [4.78, 5) is 2.07. The number of nitrogens with zero attached hydrogens (tertiary/aromatic N) is 2. The van der Waals surface area contributed by atoms with Crippen molar-refractivity contribution < 1.29 is 27.0 Å². The molecule has 8 heteroatoms. The Morgan fingerprint density at radius 1 is 1.07 bits per heavy atom. The van der Waals surface area contributed by atoms with Gasteiger partial charge in [-0.1, -0.05) is 12.1 Å². The summed E-state index contributed by atoms with van der Waals surface area (Å²) >= 11 is 0. The maximum absolute atomic E-state index is 14.2. The van der Waals surface area contributed by atoms with Crippen molar-refractivity contribution in [1.82, 2.24) is 9.47 Å². The van der Waals surface area contributed by atoms with Gasteiger partial charge in [0, 0.05) is 30.7 Å². The van der Waals surface area contributed by atoms with Crippen molar-refractivity contribution in [2.45, 2.75) is 32.9 Å². The van der Waals surface area contributed by atoms with Gasteiger partial charge in [-0.05, 0) is 56.8 Å². The molecule has 0 atom stereocenters. The highest BCUT2D eigenvalue weighted by molar-refractivity contribution is 5.90. The molecule has 0 aliphatic heterocycles. The third-order valence-corrected chi connectivity index (χ3v) is 4.71. The van der Waals surface area contributed by atoms with Crippen LogP contribution in [0, 0.1) is 5.82 Å². The first kappa shape index (κ1) is 22.0. The Kier molecular flexibility index (Phi) is 6.55. The van der Waals surface area contributed by atoms with Gasteiger partial charge in [-0.2, -0.15) is 0 Å². The van der Waals surface area contributed by atoms with E-state index in [0.717, 1.165) is 29.4 Å². The predicted octanol–water partition coefficient (Wildman–Crippen LogP) is 5.38. The number of benzene rings is 2. The second kappa shape index (κ2) is 8.95. The van der Waals surface area contributed by atoms with Crippen molar-refractivity contribution in [2.75, 3.05) is 20.6 Å². The van der Waals surface area contributed by atoms with Gasteiger partial charge in [-0.15, -0.1) is 13.2 Å². The van der Waals surface area contributed by atoms with Gasteiger partial charge in [0.1, 0.15) is 23.9 Å². The smallest absolute Gasteiger partial charge is 0.488 e. The normalized spacial score (nSPS) is 12.0. The molecule has 0 aliphatic carbocycles. The molecule has 0 saturated carbocycles. The summed E-state index contributed by atoms with van der Waals surface area (Å²) in [6, 6.07) is 8.27. The molecule has 30 heavy (non-hydrogen) atoms. The Balaban J connectivity index is 1.85. The highest BCUT2D eigenvalue weighted by Crippen LogP contribution is 2.33. The first-order valence-corrected chi connectivity index (χ1v) is 9.59. The number of alkyl halides is 3. The Morgan fingerprint density at radius 3 is 2.37 bits per heavy atom. The van der Waals surface area contributed by atoms with E-state index in [2.05, 4.69) is 9.64 Å². The molecular weight excluding hydrogens is 400 g/mol. The van der Waals surface area contributed by atoms with Crippen molar-refractivity contribution in [1.29, 1.82) is 0 Å². The van der Waals surface area contributed by atoms with Gasteiger partial charge in [0.15, 0.2) is 0 Å². The first-order chi connectivity index (χ1) is 14.2. The van der Waals surface area contributed by atoms with Crippen LogP contribution in [-0.4, -0.2) is 36.5 Å². The zero-order chi connectivity index (χ0) is 21.9. The molecular formula is C22H24F4N2O2. The van der Waals surface area contributed by atoms with Crippen LogP contribution >= 0.6 is 0 Å². The molecule has 2 aromatic carbocycles. The third kappa shape index (κ3) is 5.44. The number of aryl methyl sites for hydroxylation is 1. The van der Waals surface area contributed by atoms with Crippen molar-refractivity contribution in [3.05, 3.63) is 59.5 Å². The third-order valence-electron chi connectivity index (χ3n) is 4.71. The van der Waals surface area contributed by atoms with Crippen LogP contribution in [0.15, 0.2) is 42.6 Å². The zero-order valence-corrected chi connectivity index (χ0v) is 17.1. The van der Waals surface area contributed by atoms with Gasteiger partial charge in [-0.3, -0.25) is 0 Å². The largest absolute Gasteiger partial charge is 0.573 e. The van der Waals surface area contributed by atoms with Crippen LogP contribution in [0.5, 0.6) is 11.5 Å². The summed E-state index contributed by atoms with van der Waals surface area (Å²) in [6.07, 6.45) is -1.94. The molecule has 1 aromatic heterocycles. The lowest BCUT2D eigenvalue weighted by atomic mass is 10.1. The molecule has 1 heterocycles. The molecule has 3 rings (SSSR count). The molecule has 3 aromatic rings. The van der Waals surface area contributed by atoms with Gasteiger partial charge in [0.25, 0.3) is 0 Å². The summed E-state index contributed by atoms with van der Waals surface area (Å²) in [5.41, 5.74) is 2.46. The van der Waals surface area contributed by atoms with E-state index in [1.165, 1.54) is 36.4 Å². The zero-order valence-electron chi connectivity index (χ0n) is 17.1. The lowest BCUT2D eigenvalue weighted by Gasteiger charge is -2.12. The molecule has 0 amide bonds. The number of fused-ring (bicyclic) bond motifs is 1. The molecule has 0 bridgehead atoms. The fourth-order valence-electron chi connectivity index (χ4n) is 3.30. The highest BCUT2D eigenvalue weighted by atomic mass is 19.4. The number of aromatic nitrogens is 1. The standard InChI is InChI=1S/C22H24F4N2O2/c1-4-28-13-16(9-10-27(2)3)21-19(28)11-17(23)12-20(21)29-14-15-5-7-18(8-6-15)30-22(24,25)26/h5-8,11-13H,4,9-10,14H2,1-3H3. The Labute approximate surface area is 172 Å². The van der Waals surface area contributed by atoms with Gasteiger partial charge >= 0.3 is 6.36 Å². The van der Waals surface area contributed by atoms with Gasteiger partial charge < -0.3 is 18.9 Å². The number of rotatable bonds is 8. The van der Waals surface area contributed by atoms with Crippen LogP contribution in [0.3, 0.4) is 0 Å². The summed E-state index contributed by atoms with van der Waals surface area (Å²) in [7, 11) is 3.98. The van der Waals surface area contributed by atoms with Crippen LogP contribution in [0.2, 0.25) is 0 Å². The number of halogens is 4. The molecule has 0 spiro atoms. The summed E-state index contributed by atoms with van der Waals surface area (Å²) in [5.74, 6) is -0.287. The van der Waals surface area contributed by atoms with E-state index in [4.69, 9.17) is 4.74 Å². The van der Waals surface area contributed by atoms with Crippen molar-refractivity contribution in [3.8, 4) is 11.5 Å². The molecule has 0 radical (unpaired) electrons. The number of hydrogen-bond acceptors (Lipinski definition) is 3. The summed E-state index contributed by atoms with van der Waals surface area (Å²) in [5, 5.41) is 0.858. The van der Waals surface area contributed by atoms with Crippen LogP contribution < -0.4 is 9.47 Å².